The van der Waals surface area contributed by atoms with Gasteiger partial charge in [0.25, 0.3) is 0 Å². The van der Waals surface area contributed by atoms with Crippen LogP contribution >= 0.6 is 15.9 Å². The first-order chi connectivity index (χ1) is 9.12. The Morgan fingerprint density at radius 3 is 2.63 bits per heavy atom. The highest BCUT2D eigenvalue weighted by atomic mass is 79.9. The third kappa shape index (κ3) is 2.15. The van der Waals surface area contributed by atoms with E-state index in [2.05, 4.69) is 49.9 Å². The Kier molecular flexibility index (Phi) is 3.27. The van der Waals surface area contributed by atoms with Crippen LogP contribution in [0.3, 0.4) is 0 Å². The average molecular weight is 323 g/mol. The molecule has 0 amide bonds. The molecule has 0 bridgehead atoms. The first-order valence-electron chi connectivity index (χ1n) is 6.66. The summed E-state index contributed by atoms with van der Waals surface area (Å²) in [5.74, 6) is 0.649. The zero-order valence-corrected chi connectivity index (χ0v) is 12.7. The van der Waals surface area contributed by atoms with Gasteiger partial charge < -0.3 is 15.5 Å². The Hall–Kier alpha value is -1.07. The van der Waals surface area contributed by atoms with Crippen molar-refractivity contribution in [2.75, 3.05) is 31.6 Å². The molecule has 1 aromatic rings. The van der Waals surface area contributed by atoms with E-state index < -0.39 is 0 Å². The van der Waals surface area contributed by atoms with Crippen LogP contribution in [0.15, 0.2) is 33.7 Å². The van der Waals surface area contributed by atoms with Crippen molar-refractivity contribution in [3.05, 3.63) is 28.7 Å². The van der Waals surface area contributed by atoms with Crippen molar-refractivity contribution in [2.24, 2.45) is 10.7 Å². The predicted molar refractivity (Wildman–Crippen MR) is 82.6 cm³/mol. The number of hydrogen-bond donors (Lipinski definition) is 1. The number of hydrogen-bond acceptors (Lipinski definition) is 4. The molecule has 5 heteroatoms. The fourth-order valence-electron chi connectivity index (χ4n) is 3.04. The second-order valence-corrected chi connectivity index (χ2v) is 6.34. The molecule has 4 nitrogen and oxygen atoms in total. The predicted octanol–water partition coefficient (Wildman–Crippen LogP) is 2.05. The second kappa shape index (κ2) is 4.80. The van der Waals surface area contributed by atoms with Gasteiger partial charge in [0.15, 0.2) is 5.96 Å². The zero-order valence-electron chi connectivity index (χ0n) is 11.1. The van der Waals surface area contributed by atoms with Gasteiger partial charge >= 0.3 is 0 Å². The minimum absolute atomic E-state index is 0.0699. The van der Waals surface area contributed by atoms with Crippen LogP contribution < -0.4 is 10.6 Å². The average Bonchev–Trinajstić information content (AvgIpc) is 2.72. The van der Waals surface area contributed by atoms with E-state index in [1.807, 2.05) is 12.1 Å². The smallest absolute Gasteiger partial charge is 0.196 e. The van der Waals surface area contributed by atoms with Gasteiger partial charge in [-0.05, 0) is 48.0 Å². The van der Waals surface area contributed by atoms with Crippen LogP contribution in [0.2, 0.25) is 0 Å². The molecule has 0 atom stereocenters. The van der Waals surface area contributed by atoms with Crippen LogP contribution in [0.5, 0.6) is 0 Å². The van der Waals surface area contributed by atoms with Gasteiger partial charge in [0.2, 0.25) is 0 Å². The molecule has 102 valence electrons. The van der Waals surface area contributed by atoms with Gasteiger partial charge in [0, 0.05) is 17.6 Å². The fourth-order valence-corrected chi connectivity index (χ4v) is 3.50. The molecule has 2 heterocycles. The van der Waals surface area contributed by atoms with Crippen LogP contribution in [-0.4, -0.2) is 43.1 Å². The molecule has 1 saturated heterocycles. The first kappa shape index (κ1) is 12.9. The molecule has 0 aromatic heterocycles. The Balaban J connectivity index is 1.97. The number of guanidine groups is 1. The van der Waals surface area contributed by atoms with Crippen molar-refractivity contribution in [1.82, 2.24) is 4.90 Å². The number of nitrogens with zero attached hydrogens (tertiary/aromatic N) is 3. The number of aliphatic imine (C=N–C) groups is 1. The van der Waals surface area contributed by atoms with Crippen molar-refractivity contribution in [1.29, 1.82) is 0 Å². The van der Waals surface area contributed by atoms with E-state index in [4.69, 9.17) is 5.73 Å². The Bertz CT molecular complexity index is 506. The summed E-state index contributed by atoms with van der Waals surface area (Å²) in [6.07, 6.45) is 2.21. The highest BCUT2D eigenvalue weighted by Crippen LogP contribution is 2.39. The minimum atomic E-state index is 0.0699. The normalized spacial score (nSPS) is 22.8. The van der Waals surface area contributed by atoms with Crippen molar-refractivity contribution in [3.8, 4) is 0 Å². The number of benzene rings is 1. The first-order valence-corrected chi connectivity index (χ1v) is 7.45. The lowest BCUT2D eigenvalue weighted by Crippen LogP contribution is -2.57. The van der Waals surface area contributed by atoms with Crippen LogP contribution in [0.25, 0.3) is 0 Å². The highest BCUT2D eigenvalue weighted by molar-refractivity contribution is 9.10. The SMILES string of the molecule is CN1CCC2(CC1)CN=C(N)N2c1ccccc1Br. The van der Waals surface area contributed by atoms with Crippen molar-refractivity contribution in [2.45, 2.75) is 18.4 Å². The van der Waals surface area contributed by atoms with E-state index in [9.17, 15) is 0 Å². The van der Waals surface area contributed by atoms with E-state index in [1.165, 1.54) is 0 Å². The number of rotatable bonds is 1. The molecule has 1 spiro atoms. The topological polar surface area (TPSA) is 44.9 Å². The van der Waals surface area contributed by atoms with Gasteiger partial charge in [-0.2, -0.15) is 0 Å². The summed E-state index contributed by atoms with van der Waals surface area (Å²) in [6, 6.07) is 8.24. The van der Waals surface area contributed by atoms with E-state index in [0.29, 0.717) is 5.96 Å². The summed E-state index contributed by atoms with van der Waals surface area (Å²) in [5, 5.41) is 0. The van der Waals surface area contributed by atoms with Crippen LogP contribution in [0.4, 0.5) is 5.69 Å². The van der Waals surface area contributed by atoms with E-state index >= 15 is 0 Å². The summed E-state index contributed by atoms with van der Waals surface area (Å²) in [4.78, 5) is 9.13. The fraction of sp³-hybridized carbons (Fsp3) is 0.500. The van der Waals surface area contributed by atoms with Crippen molar-refractivity contribution in [3.63, 3.8) is 0 Å². The number of piperidine rings is 1. The molecule has 0 unspecified atom stereocenters. The Morgan fingerprint density at radius 1 is 1.26 bits per heavy atom. The monoisotopic (exact) mass is 322 g/mol. The lowest BCUT2D eigenvalue weighted by Gasteiger charge is -2.44. The van der Waals surface area contributed by atoms with Crippen LogP contribution in [0, 0.1) is 0 Å². The standard InChI is InChI=1S/C14H19BrN4/c1-18-8-6-14(7-9-18)10-17-13(16)19(14)12-5-3-2-4-11(12)15/h2-5H,6-10H2,1H3,(H2,16,17). The maximum absolute atomic E-state index is 6.16. The zero-order chi connectivity index (χ0) is 13.5. The number of halogens is 1. The van der Waals surface area contributed by atoms with Gasteiger partial charge in [0.1, 0.15) is 0 Å². The minimum Gasteiger partial charge on any atom is -0.369 e. The van der Waals surface area contributed by atoms with Gasteiger partial charge in [-0.1, -0.05) is 12.1 Å². The van der Waals surface area contributed by atoms with Gasteiger partial charge in [0.05, 0.1) is 17.8 Å². The second-order valence-electron chi connectivity index (χ2n) is 5.49. The lowest BCUT2D eigenvalue weighted by molar-refractivity contribution is 0.202. The number of anilines is 1. The third-order valence-electron chi connectivity index (χ3n) is 4.25. The molecule has 0 radical (unpaired) electrons. The van der Waals surface area contributed by atoms with Crippen LogP contribution in [-0.2, 0) is 0 Å². The quantitative estimate of drug-likeness (QED) is 0.860. The lowest BCUT2D eigenvalue weighted by atomic mass is 9.86. The number of likely N-dealkylation sites (tertiary alicyclic amines) is 1. The third-order valence-corrected chi connectivity index (χ3v) is 4.92. The molecule has 2 aliphatic rings. The molecule has 2 aliphatic heterocycles. The van der Waals surface area contributed by atoms with Crippen molar-refractivity contribution < 1.29 is 0 Å². The molecular weight excluding hydrogens is 304 g/mol. The van der Waals surface area contributed by atoms with E-state index in [1.54, 1.807) is 0 Å². The summed E-state index contributed by atoms with van der Waals surface area (Å²) < 4.78 is 1.08. The molecule has 0 aliphatic carbocycles. The Morgan fingerprint density at radius 2 is 1.95 bits per heavy atom. The maximum Gasteiger partial charge on any atom is 0.196 e. The highest BCUT2D eigenvalue weighted by Gasteiger charge is 2.45. The van der Waals surface area contributed by atoms with Gasteiger partial charge in [-0.3, -0.25) is 4.99 Å². The molecular formula is C14H19BrN4. The molecule has 1 fully saturated rings. The molecule has 2 N–H and O–H groups in total. The number of nitrogens with two attached hydrogens (primary N) is 1. The summed E-state index contributed by atoms with van der Waals surface area (Å²) >= 11 is 3.63. The van der Waals surface area contributed by atoms with E-state index in [-0.39, 0.29) is 5.54 Å². The molecule has 19 heavy (non-hydrogen) atoms. The van der Waals surface area contributed by atoms with Gasteiger partial charge in [-0.25, -0.2) is 0 Å². The Labute approximate surface area is 122 Å². The molecule has 3 rings (SSSR count). The van der Waals surface area contributed by atoms with Gasteiger partial charge in [-0.15, -0.1) is 0 Å². The molecule has 1 aromatic carbocycles. The van der Waals surface area contributed by atoms with Crippen LogP contribution in [0.1, 0.15) is 12.8 Å². The molecule has 0 saturated carbocycles. The summed E-state index contributed by atoms with van der Waals surface area (Å²) in [7, 11) is 2.18. The largest absolute Gasteiger partial charge is 0.369 e. The summed E-state index contributed by atoms with van der Waals surface area (Å²) in [5.41, 5.74) is 7.36. The summed E-state index contributed by atoms with van der Waals surface area (Å²) in [6.45, 7) is 3.02. The number of para-hydroxylation sites is 1. The van der Waals surface area contributed by atoms with Crippen molar-refractivity contribution >= 4 is 27.6 Å². The van der Waals surface area contributed by atoms with E-state index in [0.717, 1.165) is 42.6 Å². The maximum atomic E-state index is 6.16.